The molecule has 8 heteroatoms. The van der Waals surface area contributed by atoms with E-state index in [0.717, 1.165) is 37.0 Å². The second-order valence-electron chi connectivity index (χ2n) is 6.80. The van der Waals surface area contributed by atoms with Gasteiger partial charge in [-0.2, -0.15) is 4.98 Å². The molecule has 2 aromatic heterocycles. The third-order valence-corrected chi connectivity index (χ3v) is 5.68. The number of nitrogens with zero attached hydrogens (tertiary/aromatic N) is 2. The van der Waals surface area contributed by atoms with Gasteiger partial charge in [-0.05, 0) is 24.3 Å². The van der Waals surface area contributed by atoms with Gasteiger partial charge in [0, 0.05) is 18.7 Å². The van der Waals surface area contributed by atoms with E-state index >= 15 is 0 Å². The molecule has 0 aliphatic heterocycles. The Bertz CT molecular complexity index is 750. The van der Waals surface area contributed by atoms with Crippen LogP contribution >= 0.6 is 11.3 Å². The van der Waals surface area contributed by atoms with Gasteiger partial charge < -0.3 is 15.2 Å². The van der Waals surface area contributed by atoms with E-state index in [1.165, 1.54) is 18.3 Å². The van der Waals surface area contributed by atoms with Crippen LogP contribution in [0.5, 0.6) is 0 Å². The Kier molecular flexibility index (Phi) is 5.70. The summed E-state index contributed by atoms with van der Waals surface area (Å²) in [7, 11) is 0. The van der Waals surface area contributed by atoms with Crippen molar-refractivity contribution in [2.75, 3.05) is 0 Å². The number of thiophene rings is 1. The second kappa shape index (κ2) is 7.99. The summed E-state index contributed by atoms with van der Waals surface area (Å²) in [6.07, 6.45) is 4.92. The Balaban J connectivity index is 1.75. The van der Waals surface area contributed by atoms with Crippen LogP contribution < -0.4 is 10.6 Å². The number of aryl methyl sites for hydroxylation is 1. The number of carbonyl (C=O) groups is 2. The van der Waals surface area contributed by atoms with Gasteiger partial charge in [0.1, 0.15) is 5.54 Å². The van der Waals surface area contributed by atoms with E-state index in [1.807, 2.05) is 17.5 Å². The van der Waals surface area contributed by atoms with Gasteiger partial charge in [-0.3, -0.25) is 9.59 Å². The average Bonchev–Trinajstić information content (AvgIpc) is 3.26. The fraction of sp³-hybridized carbons (Fsp3) is 0.556. The van der Waals surface area contributed by atoms with Gasteiger partial charge in [-0.25, -0.2) is 0 Å². The first-order valence-corrected chi connectivity index (χ1v) is 9.79. The summed E-state index contributed by atoms with van der Waals surface area (Å²) in [4.78, 5) is 29.7. The molecule has 1 fully saturated rings. The number of nitrogens with one attached hydrogen (secondary N) is 2. The van der Waals surface area contributed by atoms with Crippen molar-refractivity contribution in [1.29, 1.82) is 0 Å². The Morgan fingerprint density at radius 3 is 2.69 bits per heavy atom. The number of aromatic nitrogens is 2. The molecular formula is C18H24N4O3S. The molecule has 0 aromatic carbocycles. The Labute approximate surface area is 156 Å². The van der Waals surface area contributed by atoms with Gasteiger partial charge in [-0.1, -0.05) is 30.5 Å². The van der Waals surface area contributed by atoms with Crippen LogP contribution in [-0.4, -0.2) is 22.0 Å². The molecular weight excluding hydrogens is 352 g/mol. The number of carbonyl (C=O) groups excluding carboxylic acids is 2. The van der Waals surface area contributed by atoms with Crippen LogP contribution in [0.15, 0.2) is 22.0 Å². The van der Waals surface area contributed by atoms with Crippen LogP contribution in [0.25, 0.3) is 0 Å². The number of rotatable bonds is 6. The van der Waals surface area contributed by atoms with Crippen molar-refractivity contribution >= 4 is 23.2 Å². The average molecular weight is 376 g/mol. The predicted molar refractivity (Wildman–Crippen MR) is 97.4 cm³/mol. The SMILES string of the molecule is CC(=O)N[C@@H](CC(=O)NC1(c2noc(C)n2)CCCCC1)c1cccs1. The van der Waals surface area contributed by atoms with Crippen LogP contribution in [0.3, 0.4) is 0 Å². The molecule has 0 bridgehead atoms. The molecule has 7 nitrogen and oxygen atoms in total. The van der Waals surface area contributed by atoms with E-state index in [-0.39, 0.29) is 24.3 Å². The topological polar surface area (TPSA) is 97.1 Å². The first kappa shape index (κ1) is 18.6. The monoisotopic (exact) mass is 376 g/mol. The minimum atomic E-state index is -0.580. The van der Waals surface area contributed by atoms with Crippen LogP contribution in [-0.2, 0) is 15.1 Å². The maximum absolute atomic E-state index is 12.8. The molecule has 3 rings (SSSR count). The zero-order chi connectivity index (χ0) is 18.6. The highest BCUT2D eigenvalue weighted by Crippen LogP contribution is 2.36. The van der Waals surface area contributed by atoms with E-state index in [1.54, 1.807) is 6.92 Å². The van der Waals surface area contributed by atoms with Crippen LogP contribution in [0.1, 0.15) is 68.1 Å². The van der Waals surface area contributed by atoms with Crippen molar-refractivity contribution < 1.29 is 14.1 Å². The fourth-order valence-corrected chi connectivity index (χ4v) is 4.29. The highest BCUT2D eigenvalue weighted by Gasteiger charge is 2.40. The lowest BCUT2D eigenvalue weighted by molar-refractivity contribution is -0.125. The molecule has 2 N–H and O–H groups in total. The predicted octanol–water partition coefficient (Wildman–Crippen LogP) is 2.98. The van der Waals surface area contributed by atoms with E-state index in [9.17, 15) is 9.59 Å². The minimum absolute atomic E-state index is 0.124. The number of amides is 2. The zero-order valence-electron chi connectivity index (χ0n) is 15.1. The summed E-state index contributed by atoms with van der Waals surface area (Å²) in [5.41, 5.74) is -0.580. The standard InChI is InChI=1S/C18H24N4O3S/c1-12(23)19-14(15-7-6-10-26-15)11-16(24)21-18(8-4-3-5-9-18)17-20-13(2)25-22-17/h6-7,10,14H,3-5,8-9,11H2,1-2H3,(H,19,23)(H,21,24)/t14-/m0/s1. The van der Waals surface area contributed by atoms with Gasteiger partial charge in [0.15, 0.2) is 5.82 Å². The molecule has 0 saturated heterocycles. The quantitative estimate of drug-likeness (QED) is 0.808. The lowest BCUT2D eigenvalue weighted by atomic mass is 9.80. The van der Waals surface area contributed by atoms with Crippen molar-refractivity contribution in [3.8, 4) is 0 Å². The fourth-order valence-electron chi connectivity index (χ4n) is 3.51. The van der Waals surface area contributed by atoms with Crippen molar-refractivity contribution in [1.82, 2.24) is 20.8 Å². The Morgan fingerprint density at radius 1 is 1.35 bits per heavy atom. The molecule has 0 spiro atoms. The maximum atomic E-state index is 12.8. The summed E-state index contributed by atoms with van der Waals surface area (Å²) in [5, 5.41) is 12.0. The largest absolute Gasteiger partial charge is 0.348 e. The van der Waals surface area contributed by atoms with E-state index < -0.39 is 5.54 Å². The van der Waals surface area contributed by atoms with Gasteiger partial charge >= 0.3 is 0 Å². The molecule has 1 atom stereocenters. The van der Waals surface area contributed by atoms with Crippen LogP contribution in [0.2, 0.25) is 0 Å². The Morgan fingerprint density at radius 2 is 2.12 bits per heavy atom. The van der Waals surface area contributed by atoms with Crippen molar-refractivity contribution in [2.45, 2.75) is 64.0 Å². The summed E-state index contributed by atoms with van der Waals surface area (Å²) in [6, 6.07) is 3.51. The third kappa shape index (κ3) is 4.30. The van der Waals surface area contributed by atoms with E-state index in [4.69, 9.17) is 4.52 Å². The summed E-state index contributed by atoms with van der Waals surface area (Å²) < 4.78 is 5.15. The molecule has 140 valence electrons. The number of hydrogen-bond donors (Lipinski definition) is 2. The van der Waals surface area contributed by atoms with Gasteiger partial charge in [-0.15, -0.1) is 11.3 Å². The first-order chi connectivity index (χ1) is 12.5. The molecule has 1 aliphatic carbocycles. The summed E-state index contributed by atoms with van der Waals surface area (Å²) in [6.45, 7) is 3.21. The normalized spacial score (nSPS) is 17.5. The van der Waals surface area contributed by atoms with Crippen LogP contribution in [0, 0.1) is 6.92 Å². The lowest BCUT2D eigenvalue weighted by Gasteiger charge is -2.35. The van der Waals surface area contributed by atoms with Crippen molar-refractivity contribution in [2.24, 2.45) is 0 Å². The summed E-state index contributed by atoms with van der Waals surface area (Å²) in [5.74, 6) is 0.767. The molecule has 0 unspecified atom stereocenters. The molecule has 2 heterocycles. The number of hydrogen-bond acceptors (Lipinski definition) is 6. The van der Waals surface area contributed by atoms with Crippen LogP contribution in [0.4, 0.5) is 0 Å². The molecule has 26 heavy (non-hydrogen) atoms. The third-order valence-electron chi connectivity index (χ3n) is 4.70. The molecule has 1 saturated carbocycles. The van der Waals surface area contributed by atoms with E-state index in [2.05, 4.69) is 20.8 Å². The molecule has 2 amide bonds. The molecule has 1 aliphatic rings. The highest BCUT2D eigenvalue weighted by atomic mass is 32.1. The minimum Gasteiger partial charge on any atom is -0.348 e. The van der Waals surface area contributed by atoms with Gasteiger partial charge in [0.2, 0.25) is 17.7 Å². The first-order valence-electron chi connectivity index (χ1n) is 8.91. The molecule has 2 aromatic rings. The zero-order valence-corrected chi connectivity index (χ0v) is 15.9. The van der Waals surface area contributed by atoms with Gasteiger partial charge in [0.25, 0.3) is 0 Å². The lowest BCUT2D eigenvalue weighted by Crippen LogP contribution is -2.48. The van der Waals surface area contributed by atoms with Crippen molar-refractivity contribution in [3.05, 3.63) is 34.1 Å². The smallest absolute Gasteiger partial charge is 0.223 e. The maximum Gasteiger partial charge on any atom is 0.223 e. The Hall–Kier alpha value is -2.22. The highest BCUT2D eigenvalue weighted by molar-refractivity contribution is 7.10. The van der Waals surface area contributed by atoms with Crippen molar-refractivity contribution in [3.63, 3.8) is 0 Å². The van der Waals surface area contributed by atoms with Gasteiger partial charge in [0.05, 0.1) is 12.5 Å². The van der Waals surface area contributed by atoms with E-state index in [0.29, 0.717) is 11.7 Å². The second-order valence-corrected chi connectivity index (χ2v) is 7.78. The summed E-state index contributed by atoms with van der Waals surface area (Å²) >= 11 is 1.53. The molecule has 0 radical (unpaired) electrons.